The van der Waals surface area contributed by atoms with Crippen LogP contribution in [0.1, 0.15) is 0 Å². The molecule has 0 atom stereocenters. The number of hydrogen-bond donors (Lipinski definition) is 2. The number of halogens is 1. The number of para-hydroxylation sites is 1. The van der Waals surface area contributed by atoms with Gasteiger partial charge in [0.15, 0.2) is 10.8 Å². The van der Waals surface area contributed by atoms with Crippen LogP contribution < -0.4 is 11.1 Å². The molecular formula is C12H9ClN6O. The van der Waals surface area contributed by atoms with Crippen molar-refractivity contribution in [3.05, 3.63) is 41.8 Å². The molecule has 1 amide bonds. The maximum absolute atomic E-state index is 12.2. The van der Waals surface area contributed by atoms with Gasteiger partial charge in [-0.15, -0.1) is 0 Å². The minimum atomic E-state index is -0.409. The van der Waals surface area contributed by atoms with Crippen molar-refractivity contribution in [2.24, 2.45) is 0 Å². The van der Waals surface area contributed by atoms with Crippen molar-refractivity contribution in [1.82, 2.24) is 19.5 Å². The maximum Gasteiger partial charge on any atom is 0.332 e. The second-order valence-electron chi connectivity index (χ2n) is 3.96. The Labute approximate surface area is 118 Å². The first-order chi connectivity index (χ1) is 9.65. The standard InChI is InChI=1S/C12H9ClN6O/c13-9-8-10(18-11(14)17-9)19(6-15-8)12(20)16-7-4-2-1-3-5-7/h1-6H,(H,16,20)(H2,14,17,18). The number of rotatable bonds is 1. The fraction of sp³-hybridized carbons (Fsp3) is 0. The first-order valence-corrected chi connectivity index (χ1v) is 6.05. The van der Waals surface area contributed by atoms with Crippen LogP contribution in [0.25, 0.3) is 11.2 Å². The number of hydrogen-bond acceptors (Lipinski definition) is 5. The molecule has 20 heavy (non-hydrogen) atoms. The summed E-state index contributed by atoms with van der Waals surface area (Å²) in [6.45, 7) is 0. The van der Waals surface area contributed by atoms with Gasteiger partial charge in [-0.3, -0.25) is 0 Å². The largest absolute Gasteiger partial charge is 0.368 e. The molecule has 0 fully saturated rings. The molecule has 0 bridgehead atoms. The molecule has 0 saturated heterocycles. The normalized spacial score (nSPS) is 10.7. The highest BCUT2D eigenvalue weighted by Crippen LogP contribution is 2.19. The number of anilines is 2. The second-order valence-corrected chi connectivity index (χ2v) is 4.31. The summed E-state index contributed by atoms with van der Waals surface area (Å²) in [4.78, 5) is 24.0. The third-order valence-electron chi connectivity index (χ3n) is 2.61. The van der Waals surface area contributed by atoms with Crippen LogP contribution in [0.2, 0.25) is 5.15 Å². The molecule has 7 nitrogen and oxygen atoms in total. The van der Waals surface area contributed by atoms with Gasteiger partial charge >= 0.3 is 6.03 Å². The summed E-state index contributed by atoms with van der Waals surface area (Å²) >= 11 is 5.90. The lowest BCUT2D eigenvalue weighted by molar-refractivity contribution is 0.254. The van der Waals surface area contributed by atoms with Crippen molar-refractivity contribution < 1.29 is 4.79 Å². The number of benzene rings is 1. The number of fused-ring (bicyclic) bond motifs is 1. The Hall–Kier alpha value is -2.67. The number of imidazole rings is 1. The molecule has 0 radical (unpaired) electrons. The Bertz CT molecular complexity index is 785. The van der Waals surface area contributed by atoms with Gasteiger partial charge < -0.3 is 11.1 Å². The van der Waals surface area contributed by atoms with Crippen LogP contribution in [0.3, 0.4) is 0 Å². The van der Waals surface area contributed by atoms with Gasteiger partial charge in [0.1, 0.15) is 11.8 Å². The third-order valence-corrected chi connectivity index (χ3v) is 2.88. The van der Waals surface area contributed by atoms with Crippen molar-refractivity contribution in [3.63, 3.8) is 0 Å². The van der Waals surface area contributed by atoms with E-state index in [1.807, 2.05) is 18.2 Å². The quantitative estimate of drug-likeness (QED) is 0.668. The zero-order chi connectivity index (χ0) is 14.1. The van der Waals surface area contributed by atoms with Gasteiger partial charge in [0.2, 0.25) is 5.95 Å². The molecule has 0 saturated carbocycles. The maximum atomic E-state index is 12.2. The predicted octanol–water partition coefficient (Wildman–Crippen LogP) is 2.14. The Morgan fingerprint density at radius 3 is 2.75 bits per heavy atom. The van der Waals surface area contributed by atoms with E-state index in [-0.39, 0.29) is 16.7 Å². The molecular weight excluding hydrogens is 280 g/mol. The van der Waals surface area contributed by atoms with Gasteiger partial charge in [0.05, 0.1) is 0 Å². The van der Waals surface area contributed by atoms with Crippen LogP contribution in [0.4, 0.5) is 16.4 Å². The summed E-state index contributed by atoms with van der Waals surface area (Å²) in [5, 5.41) is 2.83. The fourth-order valence-electron chi connectivity index (χ4n) is 1.74. The number of aromatic nitrogens is 4. The topological polar surface area (TPSA) is 98.7 Å². The summed E-state index contributed by atoms with van der Waals surface area (Å²) < 4.78 is 1.23. The summed E-state index contributed by atoms with van der Waals surface area (Å²) in [6, 6.07) is 8.63. The second kappa shape index (κ2) is 4.78. The van der Waals surface area contributed by atoms with Gasteiger partial charge in [-0.25, -0.2) is 14.3 Å². The number of carbonyl (C=O) groups excluding carboxylic acids is 1. The van der Waals surface area contributed by atoms with Crippen LogP contribution in [0.15, 0.2) is 36.7 Å². The SMILES string of the molecule is Nc1nc(Cl)c2ncn(C(=O)Nc3ccccc3)c2n1. The summed E-state index contributed by atoms with van der Waals surface area (Å²) in [5.74, 6) is -0.0169. The van der Waals surface area contributed by atoms with Gasteiger partial charge in [0, 0.05) is 5.69 Å². The van der Waals surface area contributed by atoms with Gasteiger partial charge in [-0.05, 0) is 12.1 Å². The summed E-state index contributed by atoms with van der Waals surface area (Å²) in [7, 11) is 0. The van der Waals surface area contributed by atoms with Gasteiger partial charge in [0.25, 0.3) is 0 Å². The van der Waals surface area contributed by atoms with Crippen LogP contribution in [-0.2, 0) is 0 Å². The van der Waals surface area contributed by atoms with Crippen molar-refractivity contribution in [3.8, 4) is 0 Å². The average Bonchev–Trinajstić information content (AvgIpc) is 2.84. The number of carbonyl (C=O) groups is 1. The Morgan fingerprint density at radius 1 is 1.25 bits per heavy atom. The van der Waals surface area contributed by atoms with Crippen molar-refractivity contribution >= 4 is 40.4 Å². The first-order valence-electron chi connectivity index (χ1n) is 5.67. The molecule has 3 rings (SSSR count). The summed E-state index contributed by atoms with van der Waals surface area (Å²) in [5.41, 5.74) is 6.77. The Morgan fingerprint density at radius 2 is 2.00 bits per heavy atom. The minimum absolute atomic E-state index is 0.0169. The van der Waals surface area contributed by atoms with Gasteiger partial charge in [-0.2, -0.15) is 9.97 Å². The molecule has 100 valence electrons. The van der Waals surface area contributed by atoms with E-state index in [0.29, 0.717) is 11.2 Å². The van der Waals surface area contributed by atoms with Crippen molar-refractivity contribution in [2.75, 3.05) is 11.1 Å². The average molecular weight is 289 g/mol. The molecule has 1 aromatic carbocycles. The van der Waals surface area contributed by atoms with E-state index in [2.05, 4.69) is 20.3 Å². The van der Waals surface area contributed by atoms with Gasteiger partial charge in [-0.1, -0.05) is 29.8 Å². The lowest BCUT2D eigenvalue weighted by Crippen LogP contribution is -2.19. The van der Waals surface area contributed by atoms with E-state index in [1.165, 1.54) is 10.9 Å². The highest BCUT2D eigenvalue weighted by Gasteiger charge is 2.15. The molecule has 3 aromatic rings. The number of nitrogens with two attached hydrogens (primary N) is 1. The molecule has 0 aliphatic carbocycles. The zero-order valence-electron chi connectivity index (χ0n) is 10.1. The fourth-order valence-corrected chi connectivity index (χ4v) is 1.96. The highest BCUT2D eigenvalue weighted by molar-refractivity contribution is 6.33. The highest BCUT2D eigenvalue weighted by atomic mass is 35.5. The van der Waals surface area contributed by atoms with E-state index in [4.69, 9.17) is 17.3 Å². The van der Waals surface area contributed by atoms with E-state index in [9.17, 15) is 4.79 Å². The van der Waals surface area contributed by atoms with E-state index in [0.717, 1.165) is 0 Å². The van der Waals surface area contributed by atoms with Crippen LogP contribution in [0.5, 0.6) is 0 Å². The molecule has 3 N–H and O–H groups in total. The monoisotopic (exact) mass is 288 g/mol. The number of amides is 1. The Kier molecular flexibility index (Phi) is 2.96. The molecule has 2 heterocycles. The zero-order valence-corrected chi connectivity index (χ0v) is 10.9. The molecule has 0 aliphatic rings. The minimum Gasteiger partial charge on any atom is -0.368 e. The Balaban J connectivity index is 2.00. The van der Waals surface area contributed by atoms with Crippen LogP contribution in [0, 0.1) is 0 Å². The molecule has 0 spiro atoms. The lowest BCUT2D eigenvalue weighted by atomic mass is 10.3. The summed E-state index contributed by atoms with van der Waals surface area (Å²) in [6.07, 6.45) is 1.32. The van der Waals surface area contributed by atoms with E-state index >= 15 is 0 Å². The third kappa shape index (κ3) is 2.14. The number of nitrogens with zero attached hydrogens (tertiary/aromatic N) is 4. The number of nitrogens with one attached hydrogen (secondary N) is 1. The molecule has 2 aromatic heterocycles. The smallest absolute Gasteiger partial charge is 0.332 e. The molecule has 0 unspecified atom stereocenters. The van der Waals surface area contributed by atoms with Crippen molar-refractivity contribution in [2.45, 2.75) is 0 Å². The van der Waals surface area contributed by atoms with Crippen LogP contribution in [-0.4, -0.2) is 25.6 Å². The molecule has 8 heteroatoms. The molecule has 0 aliphatic heterocycles. The van der Waals surface area contributed by atoms with E-state index in [1.54, 1.807) is 12.1 Å². The van der Waals surface area contributed by atoms with Crippen LogP contribution >= 0.6 is 11.6 Å². The predicted molar refractivity (Wildman–Crippen MR) is 75.6 cm³/mol. The van der Waals surface area contributed by atoms with E-state index < -0.39 is 6.03 Å². The first kappa shape index (κ1) is 12.4. The van der Waals surface area contributed by atoms with Crippen molar-refractivity contribution in [1.29, 1.82) is 0 Å². The number of nitrogen functional groups attached to an aromatic ring is 1. The lowest BCUT2D eigenvalue weighted by Gasteiger charge is -2.05.